The summed E-state index contributed by atoms with van der Waals surface area (Å²) >= 11 is 0. The van der Waals surface area contributed by atoms with Gasteiger partial charge in [0, 0.05) is 13.1 Å². The van der Waals surface area contributed by atoms with E-state index < -0.39 is 24.0 Å². The molecule has 3 amide bonds. The van der Waals surface area contributed by atoms with Crippen LogP contribution >= 0.6 is 0 Å². The molecule has 5 nitrogen and oxygen atoms in total. The fourth-order valence-electron chi connectivity index (χ4n) is 2.04. The van der Waals surface area contributed by atoms with Crippen LogP contribution in [0.15, 0.2) is 0 Å². The van der Waals surface area contributed by atoms with Gasteiger partial charge >= 0.3 is 12.2 Å². The zero-order valence-electron chi connectivity index (χ0n) is 10.7. The van der Waals surface area contributed by atoms with Crippen molar-refractivity contribution in [3.8, 4) is 0 Å². The normalized spacial score (nSPS) is 20.9. The highest BCUT2D eigenvalue weighted by molar-refractivity contribution is 5.95. The molecule has 19 heavy (non-hydrogen) atoms. The van der Waals surface area contributed by atoms with E-state index in [0.29, 0.717) is 19.5 Å². The molecule has 1 fully saturated rings. The molecule has 8 heteroatoms. The zero-order chi connectivity index (χ0) is 14.5. The average Bonchev–Trinajstić information content (AvgIpc) is 2.28. The minimum atomic E-state index is -4.23. The summed E-state index contributed by atoms with van der Waals surface area (Å²) in [4.78, 5) is 24.0. The van der Waals surface area contributed by atoms with Crippen molar-refractivity contribution in [3.63, 3.8) is 0 Å². The van der Waals surface area contributed by atoms with E-state index in [-0.39, 0.29) is 19.5 Å². The number of urea groups is 1. The van der Waals surface area contributed by atoms with Crippen molar-refractivity contribution >= 4 is 11.9 Å². The molecule has 1 saturated heterocycles. The predicted molar refractivity (Wildman–Crippen MR) is 62.4 cm³/mol. The van der Waals surface area contributed by atoms with Crippen molar-refractivity contribution in [2.75, 3.05) is 26.2 Å². The van der Waals surface area contributed by atoms with Crippen LogP contribution in [-0.2, 0) is 4.79 Å². The minimum Gasteiger partial charge on any atom is -0.338 e. The topological polar surface area (TPSA) is 61.4 Å². The van der Waals surface area contributed by atoms with Crippen LogP contribution in [0, 0.1) is 5.92 Å². The van der Waals surface area contributed by atoms with E-state index in [1.807, 2.05) is 0 Å². The van der Waals surface area contributed by atoms with Crippen molar-refractivity contribution < 1.29 is 22.8 Å². The summed E-state index contributed by atoms with van der Waals surface area (Å²) in [7, 11) is 0. The molecular weight excluding hydrogens is 263 g/mol. The summed E-state index contributed by atoms with van der Waals surface area (Å²) in [5.74, 6) is -1.98. The smallest absolute Gasteiger partial charge is 0.338 e. The maximum absolute atomic E-state index is 12.6. The number of carbonyl (C=O) groups excluding carboxylic acids is 2. The van der Waals surface area contributed by atoms with Crippen LogP contribution < -0.4 is 10.6 Å². The lowest BCUT2D eigenvalue weighted by molar-refractivity contribution is -0.187. The lowest BCUT2D eigenvalue weighted by atomic mass is 9.97. The quantitative estimate of drug-likeness (QED) is 0.814. The first-order valence-corrected chi connectivity index (χ1v) is 6.19. The van der Waals surface area contributed by atoms with Gasteiger partial charge in [0.2, 0.25) is 5.91 Å². The molecule has 0 bridgehead atoms. The van der Waals surface area contributed by atoms with Crippen molar-refractivity contribution in [3.05, 3.63) is 0 Å². The molecule has 0 saturated carbocycles. The first-order valence-electron chi connectivity index (χ1n) is 6.19. The summed E-state index contributed by atoms with van der Waals surface area (Å²) in [6.07, 6.45) is -3.73. The van der Waals surface area contributed by atoms with Gasteiger partial charge in [-0.1, -0.05) is 0 Å². The van der Waals surface area contributed by atoms with Crippen molar-refractivity contribution in [1.29, 1.82) is 0 Å². The lowest BCUT2D eigenvalue weighted by Crippen LogP contribution is -2.48. The third-order valence-corrected chi connectivity index (χ3v) is 2.93. The van der Waals surface area contributed by atoms with Gasteiger partial charge in [0.25, 0.3) is 0 Å². The molecule has 1 rings (SSSR count). The van der Waals surface area contributed by atoms with Gasteiger partial charge < -0.3 is 5.32 Å². The fourth-order valence-corrected chi connectivity index (χ4v) is 2.04. The molecule has 0 aromatic carbocycles. The summed E-state index contributed by atoms with van der Waals surface area (Å²) < 4.78 is 37.7. The van der Waals surface area contributed by atoms with Crippen LogP contribution in [0.2, 0.25) is 0 Å². The Kier molecular flexibility index (Phi) is 5.59. The van der Waals surface area contributed by atoms with Crippen LogP contribution in [0.25, 0.3) is 0 Å². The van der Waals surface area contributed by atoms with E-state index >= 15 is 0 Å². The Morgan fingerprint density at radius 2 is 2.05 bits per heavy atom. The van der Waals surface area contributed by atoms with E-state index in [1.54, 1.807) is 6.92 Å². The van der Waals surface area contributed by atoms with Crippen molar-refractivity contribution in [2.45, 2.75) is 25.9 Å². The average molecular weight is 281 g/mol. The van der Waals surface area contributed by atoms with Gasteiger partial charge in [-0.3, -0.25) is 15.0 Å². The molecule has 1 atom stereocenters. The number of alkyl halides is 3. The SMILES string of the molecule is CCNC(=O)NC(=O)CN1CCC[C@@H](C(F)(F)F)C1. The second-order valence-electron chi connectivity index (χ2n) is 4.52. The number of hydrogen-bond donors (Lipinski definition) is 2. The van der Waals surface area contributed by atoms with E-state index in [1.165, 1.54) is 4.90 Å². The number of carbonyl (C=O) groups is 2. The number of rotatable bonds is 3. The van der Waals surface area contributed by atoms with E-state index in [4.69, 9.17) is 0 Å². The van der Waals surface area contributed by atoms with Crippen molar-refractivity contribution in [1.82, 2.24) is 15.5 Å². The van der Waals surface area contributed by atoms with Gasteiger partial charge in [0.15, 0.2) is 0 Å². The molecule has 1 aliphatic heterocycles. The van der Waals surface area contributed by atoms with Crippen LogP contribution in [0.3, 0.4) is 0 Å². The summed E-state index contributed by atoms with van der Waals surface area (Å²) in [6.45, 7) is 2.13. The first kappa shape index (κ1) is 15.7. The van der Waals surface area contributed by atoms with Crippen molar-refractivity contribution in [2.24, 2.45) is 5.92 Å². The molecule has 0 unspecified atom stereocenters. The summed E-state index contributed by atoms with van der Waals surface area (Å²) in [5, 5.41) is 4.45. The number of nitrogens with zero attached hydrogens (tertiary/aromatic N) is 1. The number of hydrogen-bond acceptors (Lipinski definition) is 3. The number of imide groups is 1. The Labute approximate surface area is 109 Å². The predicted octanol–water partition coefficient (Wildman–Crippen LogP) is 1.11. The molecule has 1 aliphatic rings. The van der Waals surface area contributed by atoms with Crippen LogP contribution in [0.1, 0.15) is 19.8 Å². The highest BCUT2D eigenvalue weighted by Gasteiger charge is 2.41. The molecule has 1 heterocycles. The maximum Gasteiger partial charge on any atom is 0.393 e. The van der Waals surface area contributed by atoms with E-state index in [9.17, 15) is 22.8 Å². The number of nitrogens with one attached hydrogen (secondary N) is 2. The number of likely N-dealkylation sites (tertiary alicyclic amines) is 1. The lowest BCUT2D eigenvalue weighted by Gasteiger charge is -2.33. The largest absolute Gasteiger partial charge is 0.393 e. The first-order chi connectivity index (χ1) is 8.82. The molecule has 0 aromatic heterocycles. The monoisotopic (exact) mass is 281 g/mol. The molecule has 2 N–H and O–H groups in total. The highest BCUT2D eigenvalue weighted by atomic mass is 19.4. The second-order valence-corrected chi connectivity index (χ2v) is 4.52. The van der Waals surface area contributed by atoms with Gasteiger partial charge in [0.1, 0.15) is 0 Å². The molecule has 0 spiro atoms. The van der Waals surface area contributed by atoms with Gasteiger partial charge in [-0.2, -0.15) is 13.2 Å². The Hall–Kier alpha value is -1.31. The Bertz CT molecular complexity index is 334. The Morgan fingerprint density at radius 3 is 2.63 bits per heavy atom. The standard InChI is InChI=1S/C11H18F3N3O2/c1-2-15-10(19)16-9(18)7-17-5-3-4-8(6-17)11(12,13)14/h8H,2-7H2,1H3,(H2,15,16,18,19)/t8-/m1/s1. The van der Waals surface area contributed by atoms with Gasteiger partial charge in [-0.25, -0.2) is 4.79 Å². The summed E-state index contributed by atoms with van der Waals surface area (Å²) in [5.41, 5.74) is 0. The zero-order valence-corrected chi connectivity index (χ0v) is 10.7. The minimum absolute atomic E-state index is 0.0952. The van der Waals surface area contributed by atoms with E-state index in [0.717, 1.165) is 0 Å². The van der Waals surface area contributed by atoms with Crippen LogP contribution in [0.5, 0.6) is 0 Å². The highest BCUT2D eigenvalue weighted by Crippen LogP contribution is 2.32. The molecule has 0 radical (unpaired) electrons. The number of halogens is 3. The van der Waals surface area contributed by atoms with E-state index in [2.05, 4.69) is 10.6 Å². The third-order valence-electron chi connectivity index (χ3n) is 2.93. The molecule has 0 aliphatic carbocycles. The number of piperidine rings is 1. The number of amides is 3. The molecular formula is C11H18F3N3O2. The molecule has 0 aromatic rings. The third kappa shape index (κ3) is 5.46. The fraction of sp³-hybridized carbons (Fsp3) is 0.818. The van der Waals surface area contributed by atoms with Gasteiger partial charge in [0.05, 0.1) is 12.5 Å². The van der Waals surface area contributed by atoms with Gasteiger partial charge in [-0.05, 0) is 26.3 Å². The maximum atomic E-state index is 12.6. The van der Waals surface area contributed by atoms with Crippen LogP contribution in [-0.4, -0.2) is 49.2 Å². The Morgan fingerprint density at radius 1 is 1.37 bits per heavy atom. The Balaban J connectivity index is 2.40. The molecule has 110 valence electrons. The second kappa shape index (κ2) is 6.74. The van der Waals surface area contributed by atoms with Gasteiger partial charge in [-0.15, -0.1) is 0 Å². The summed E-state index contributed by atoms with van der Waals surface area (Å²) in [6, 6.07) is -0.628. The van der Waals surface area contributed by atoms with Crippen LogP contribution in [0.4, 0.5) is 18.0 Å².